The van der Waals surface area contributed by atoms with Gasteiger partial charge in [0, 0.05) is 19.0 Å². The van der Waals surface area contributed by atoms with Gasteiger partial charge >= 0.3 is 0 Å². The van der Waals surface area contributed by atoms with E-state index in [9.17, 15) is 22.8 Å². The topological polar surface area (TPSA) is 125 Å². The first-order valence-electron chi connectivity index (χ1n) is 10.4. The summed E-state index contributed by atoms with van der Waals surface area (Å²) in [4.78, 5) is 36.0. The minimum Gasteiger partial charge on any atom is -0.313 e. The second-order valence-electron chi connectivity index (χ2n) is 7.59. The first-order chi connectivity index (χ1) is 16.3. The summed E-state index contributed by atoms with van der Waals surface area (Å²) in [5, 5.41) is 4.59. The van der Waals surface area contributed by atoms with Crippen molar-refractivity contribution in [3.05, 3.63) is 76.7 Å². The number of nitrogens with zero attached hydrogens (tertiary/aromatic N) is 1. The number of hydrazine groups is 1. The molecule has 34 heavy (non-hydrogen) atoms. The third kappa shape index (κ3) is 4.80. The summed E-state index contributed by atoms with van der Waals surface area (Å²) in [6, 6.07) is 14.6. The number of aryl methyl sites for hydroxylation is 1. The average molecular weight is 499 g/mol. The Bertz CT molecular complexity index is 1350. The molecule has 176 valence electrons. The molecule has 0 atom stereocenters. The van der Waals surface area contributed by atoms with Crippen LogP contribution in [0.3, 0.4) is 0 Å². The largest absolute Gasteiger partial charge is 0.313 e. The molecule has 0 saturated heterocycles. The van der Waals surface area contributed by atoms with Gasteiger partial charge in [-0.15, -0.1) is 11.3 Å². The van der Waals surface area contributed by atoms with Crippen molar-refractivity contribution in [2.45, 2.75) is 24.7 Å². The molecular formula is C23H22N4O5S2. The molecule has 4 rings (SSSR count). The van der Waals surface area contributed by atoms with Gasteiger partial charge in [0.15, 0.2) is 0 Å². The molecule has 0 fully saturated rings. The van der Waals surface area contributed by atoms with Crippen LogP contribution in [0.15, 0.2) is 64.9 Å². The zero-order chi connectivity index (χ0) is 24.3. The van der Waals surface area contributed by atoms with Crippen LogP contribution in [0.2, 0.25) is 0 Å². The van der Waals surface area contributed by atoms with Crippen molar-refractivity contribution in [3.8, 4) is 0 Å². The Hall–Kier alpha value is -3.70. The molecule has 3 aromatic rings. The highest BCUT2D eigenvalue weighted by atomic mass is 32.2. The number of anilines is 2. The number of nitrogens with one attached hydrogen (secondary N) is 3. The number of rotatable bonds is 5. The van der Waals surface area contributed by atoms with E-state index in [-0.39, 0.29) is 16.0 Å². The summed E-state index contributed by atoms with van der Waals surface area (Å²) in [7, 11) is -3.78. The van der Waals surface area contributed by atoms with E-state index in [1.807, 2.05) is 18.2 Å². The lowest BCUT2D eigenvalue weighted by molar-refractivity contribution is -0.119. The minimum absolute atomic E-state index is 0.0900. The van der Waals surface area contributed by atoms with Crippen LogP contribution in [-0.4, -0.2) is 32.7 Å². The van der Waals surface area contributed by atoms with Crippen LogP contribution in [0.25, 0.3) is 0 Å². The molecule has 2 heterocycles. The lowest BCUT2D eigenvalue weighted by atomic mass is 10.0. The first-order valence-corrected chi connectivity index (χ1v) is 12.8. The second-order valence-corrected chi connectivity index (χ2v) is 10.4. The van der Waals surface area contributed by atoms with E-state index in [1.165, 1.54) is 41.6 Å². The Labute approximate surface area is 200 Å². The average Bonchev–Trinajstić information content (AvgIpc) is 3.30. The van der Waals surface area contributed by atoms with E-state index in [2.05, 4.69) is 16.2 Å². The van der Waals surface area contributed by atoms with Crippen LogP contribution >= 0.6 is 11.3 Å². The van der Waals surface area contributed by atoms with Crippen molar-refractivity contribution in [2.24, 2.45) is 0 Å². The molecule has 0 spiro atoms. The number of carbonyl (C=O) groups is 3. The fourth-order valence-electron chi connectivity index (χ4n) is 3.63. The number of benzene rings is 2. The van der Waals surface area contributed by atoms with Crippen molar-refractivity contribution in [2.75, 3.05) is 16.2 Å². The maximum absolute atomic E-state index is 13.3. The number of thiophene rings is 1. The number of hydrogen-bond donors (Lipinski definition) is 3. The zero-order valence-corrected chi connectivity index (χ0v) is 19.8. The minimum atomic E-state index is -3.78. The number of carbonyl (C=O) groups excluding carboxylic acids is 3. The third-order valence-corrected chi connectivity index (χ3v) is 7.92. The molecule has 0 bridgehead atoms. The van der Waals surface area contributed by atoms with E-state index in [1.54, 1.807) is 11.4 Å². The van der Waals surface area contributed by atoms with Crippen LogP contribution in [0.5, 0.6) is 0 Å². The van der Waals surface area contributed by atoms with Crippen LogP contribution in [-0.2, 0) is 21.2 Å². The number of sulfonamides is 1. The molecule has 1 aromatic heterocycles. The quantitative estimate of drug-likeness (QED) is 0.467. The van der Waals surface area contributed by atoms with Crippen molar-refractivity contribution < 1.29 is 22.8 Å². The van der Waals surface area contributed by atoms with Crippen molar-refractivity contribution in [1.82, 2.24) is 10.9 Å². The lowest BCUT2D eigenvalue weighted by Crippen LogP contribution is -2.40. The molecular weight excluding hydrogens is 476 g/mol. The lowest BCUT2D eigenvalue weighted by Gasteiger charge is -2.30. The highest BCUT2D eigenvalue weighted by Crippen LogP contribution is 2.32. The van der Waals surface area contributed by atoms with Gasteiger partial charge in [0.25, 0.3) is 21.8 Å². The number of fused-ring (bicyclic) bond motifs is 1. The summed E-state index contributed by atoms with van der Waals surface area (Å²) < 4.78 is 27.9. The summed E-state index contributed by atoms with van der Waals surface area (Å²) >= 11 is 1.15. The van der Waals surface area contributed by atoms with Crippen LogP contribution in [0.4, 0.5) is 10.7 Å². The second kappa shape index (κ2) is 9.65. The number of para-hydroxylation sites is 1. The van der Waals surface area contributed by atoms with Gasteiger partial charge in [-0.2, -0.15) is 0 Å². The van der Waals surface area contributed by atoms with Gasteiger partial charge in [0.2, 0.25) is 5.91 Å². The maximum Gasteiger partial charge on any atom is 0.272 e. The van der Waals surface area contributed by atoms with Gasteiger partial charge in [-0.3, -0.25) is 29.5 Å². The Morgan fingerprint density at radius 1 is 0.941 bits per heavy atom. The van der Waals surface area contributed by atoms with E-state index >= 15 is 0 Å². The standard InChI is InChI=1S/C23H22N4O5S2/c1-15(28)25-26-22(30)19-12-14-33-23(19)24-21(29)17-8-10-18(11-9-17)34(31,32)27-13-4-6-16-5-2-3-7-20(16)27/h2-3,5,7-12,14H,4,6,13H2,1H3,(H,24,29)(H,25,28)(H,26,30). The molecule has 0 aliphatic carbocycles. The van der Waals surface area contributed by atoms with Crippen molar-refractivity contribution in [3.63, 3.8) is 0 Å². The normalized spacial score (nSPS) is 13.0. The number of hydrogen-bond acceptors (Lipinski definition) is 6. The molecule has 2 aromatic carbocycles. The van der Waals surface area contributed by atoms with E-state index < -0.39 is 27.7 Å². The van der Waals surface area contributed by atoms with Gasteiger partial charge in [0.05, 0.1) is 16.1 Å². The Morgan fingerprint density at radius 3 is 2.41 bits per heavy atom. The van der Waals surface area contributed by atoms with Crippen molar-refractivity contribution >= 4 is 49.8 Å². The first kappa shape index (κ1) is 23.5. The molecule has 1 aliphatic heterocycles. The van der Waals surface area contributed by atoms with E-state index in [4.69, 9.17) is 0 Å². The molecule has 3 N–H and O–H groups in total. The van der Waals surface area contributed by atoms with Crippen LogP contribution in [0.1, 0.15) is 39.6 Å². The Kier molecular flexibility index (Phi) is 6.66. The van der Waals surface area contributed by atoms with E-state index in [0.717, 1.165) is 29.7 Å². The summed E-state index contributed by atoms with van der Waals surface area (Å²) in [5.74, 6) is -1.50. The monoisotopic (exact) mass is 498 g/mol. The van der Waals surface area contributed by atoms with Gasteiger partial charge in [-0.05, 0) is 60.2 Å². The summed E-state index contributed by atoms with van der Waals surface area (Å²) in [6.07, 6.45) is 1.56. The molecule has 0 saturated carbocycles. The summed E-state index contributed by atoms with van der Waals surface area (Å²) in [5.41, 5.74) is 6.53. The van der Waals surface area contributed by atoms with E-state index in [0.29, 0.717) is 17.2 Å². The third-order valence-electron chi connectivity index (χ3n) is 5.26. The highest BCUT2D eigenvalue weighted by Gasteiger charge is 2.29. The zero-order valence-electron chi connectivity index (χ0n) is 18.2. The maximum atomic E-state index is 13.3. The Morgan fingerprint density at radius 2 is 1.68 bits per heavy atom. The number of amides is 3. The molecule has 0 radical (unpaired) electrons. The predicted molar refractivity (Wildman–Crippen MR) is 129 cm³/mol. The highest BCUT2D eigenvalue weighted by molar-refractivity contribution is 7.92. The molecule has 9 nitrogen and oxygen atoms in total. The van der Waals surface area contributed by atoms with Gasteiger partial charge < -0.3 is 5.32 Å². The fraction of sp³-hybridized carbons (Fsp3) is 0.174. The van der Waals surface area contributed by atoms with Gasteiger partial charge in [-0.25, -0.2) is 8.42 Å². The predicted octanol–water partition coefficient (Wildman–Crippen LogP) is 2.92. The molecule has 3 amide bonds. The molecule has 1 aliphatic rings. The van der Waals surface area contributed by atoms with Gasteiger partial charge in [0.1, 0.15) is 5.00 Å². The van der Waals surface area contributed by atoms with Crippen molar-refractivity contribution in [1.29, 1.82) is 0 Å². The smallest absolute Gasteiger partial charge is 0.272 e. The summed E-state index contributed by atoms with van der Waals surface area (Å²) in [6.45, 7) is 1.65. The Balaban J connectivity index is 1.50. The fourth-order valence-corrected chi connectivity index (χ4v) is 5.95. The SMILES string of the molecule is CC(=O)NNC(=O)c1ccsc1NC(=O)c1ccc(S(=O)(=O)N2CCCc3ccccc32)cc1. The van der Waals surface area contributed by atoms with Gasteiger partial charge in [-0.1, -0.05) is 18.2 Å². The molecule has 11 heteroatoms. The molecule has 0 unspecified atom stereocenters. The van der Waals surface area contributed by atoms with Crippen LogP contribution in [0, 0.1) is 0 Å². The van der Waals surface area contributed by atoms with Crippen LogP contribution < -0.4 is 20.5 Å².